The van der Waals surface area contributed by atoms with E-state index in [1.54, 1.807) is 0 Å². The van der Waals surface area contributed by atoms with Gasteiger partial charge in [-0.1, -0.05) is 75.6 Å². The third-order valence-electron chi connectivity index (χ3n) is 5.95. The second-order valence-corrected chi connectivity index (χ2v) is 7.81. The molecule has 0 bridgehead atoms. The first-order valence-electron chi connectivity index (χ1n) is 10.6. The fourth-order valence-electron chi connectivity index (χ4n) is 4.57. The molecule has 1 amide bonds. The number of carbonyl (C=O) groups is 2. The van der Waals surface area contributed by atoms with Crippen molar-refractivity contribution in [1.82, 2.24) is 0 Å². The van der Waals surface area contributed by atoms with E-state index < -0.39 is 5.91 Å². The Morgan fingerprint density at radius 3 is 1.74 bits per heavy atom. The summed E-state index contributed by atoms with van der Waals surface area (Å²) in [5, 5.41) is 1.98. The summed E-state index contributed by atoms with van der Waals surface area (Å²) in [4.78, 5) is 24.2. The van der Waals surface area contributed by atoms with Crippen molar-refractivity contribution in [3.8, 4) is 0 Å². The molecule has 0 saturated heterocycles. The number of nitrogens with two attached hydrogens (primary N) is 1. The summed E-state index contributed by atoms with van der Waals surface area (Å²) in [6, 6.07) is 7.98. The maximum Gasteiger partial charge on any atom is 0.249 e. The molecular formula is C24H31NO2. The lowest BCUT2D eigenvalue weighted by Gasteiger charge is -2.19. The van der Waals surface area contributed by atoms with Crippen LogP contribution in [0, 0.1) is 0 Å². The maximum absolute atomic E-state index is 12.3. The van der Waals surface area contributed by atoms with E-state index in [-0.39, 0.29) is 0 Å². The Hall–Kier alpha value is -2.16. The number of primary amides is 1. The molecule has 3 rings (SSSR count). The molecule has 2 N–H and O–H groups in total. The Morgan fingerprint density at radius 1 is 0.741 bits per heavy atom. The van der Waals surface area contributed by atoms with Crippen molar-refractivity contribution in [2.24, 2.45) is 5.73 Å². The molecule has 27 heavy (non-hydrogen) atoms. The summed E-state index contributed by atoms with van der Waals surface area (Å²) >= 11 is 0. The van der Waals surface area contributed by atoms with Crippen LogP contribution in [0.5, 0.6) is 0 Å². The Morgan fingerprint density at radius 2 is 1.22 bits per heavy atom. The summed E-state index contributed by atoms with van der Waals surface area (Å²) < 4.78 is 0. The summed E-state index contributed by atoms with van der Waals surface area (Å²) in [5.41, 5.74) is 8.97. The van der Waals surface area contributed by atoms with Gasteiger partial charge >= 0.3 is 0 Å². The van der Waals surface area contributed by atoms with Gasteiger partial charge in [-0.05, 0) is 47.6 Å². The van der Waals surface area contributed by atoms with Crippen LogP contribution in [0.3, 0.4) is 0 Å². The van der Waals surface area contributed by atoms with Gasteiger partial charge in [0.15, 0.2) is 6.29 Å². The molecule has 2 aromatic rings. The molecule has 0 aromatic heterocycles. The lowest BCUT2D eigenvalue weighted by Crippen LogP contribution is -2.19. The number of hydrogen-bond donors (Lipinski definition) is 1. The van der Waals surface area contributed by atoms with Crippen LogP contribution in [0.1, 0.15) is 96.1 Å². The van der Waals surface area contributed by atoms with Crippen molar-refractivity contribution < 1.29 is 9.59 Å². The van der Waals surface area contributed by atoms with Crippen molar-refractivity contribution in [3.05, 3.63) is 46.5 Å². The smallest absolute Gasteiger partial charge is 0.249 e. The zero-order valence-corrected chi connectivity index (χ0v) is 16.3. The lowest BCUT2D eigenvalue weighted by atomic mass is 9.84. The van der Waals surface area contributed by atoms with E-state index in [2.05, 4.69) is 6.07 Å². The fourth-order valence-corrected chi connectivity index (χ4v) is 4.57. The molecular weight excluding hydrogens is 334 g/mol. The third-order valence-corrected chi connectivity index (χ3v) is 5.95. The minimum absolute atomic E-state index is 0.464. The SMILES string of the molecule is NC(=O)c1c2c(c3ccccc3c1C=O)CCCCCCCCCCCC2. The van der Waals surface area contributed by atoms with Gasteiger partial charge in [0.25, 0.3) is 0 Å². The predicted octanol–water partition coefficient (Wildman–Crippen LogP) is 5.75. The average molecular weight is 366 g/mol. The molecule has 2 aromatic carbocycles. The number of amides is 1. The van der Waals surface area contributed by atoms with Crippen LogP contribution in [-0.4, -0.2) is 12.2 Å². The zero-order chi connectivity index (χ0) is 19.1. The van der Waals surface area contributed by atoms with E-state index in [0.717, 1.165) is 48.3 Å². The van der Waals surface area contributed by atoms with Gasteiger partial charge in [-0.2, -0.15) is 0 Å². The average Bonchev–Trinajstić information content (AvgIpc) is 2.68. The lowest BCUT2D eigenvalue weighted by molar-refractivity contribution is 0.0992. The molecule has 0 aliphatic heterocycles. The number of aldehydes is 1. The molecule has 1 aliphatic rings. The number of benzene rings is 2. The first kappa shape index (κ1) is 19.6. The monoisotopic (exact) mass is 365 g/mol. The van der Waals surface area contributed by atoms with Gasteiger partial charge in [0.2, 0.25) is 5.91 Å². The van der Waals surface area contributed by atoms with Crippen LogP contribution in [0.25, 0.3) is 10.8 Å². The minimum Gasteiger partial charge on any atom is -0.366 e. The van der Waals surface area contributed by atoms with E-state index in [1.165, 1.54) is 56.9 Å². The van der Waals surface area contributed by atoms with Gasteiger partial charge in [-0.25, -0.2) is 0 Å². The van der Waals surface area contributed by atoms with E-state index in [1.807, 2.05) is 18.2 Å². The van der Waals surface area contributed by atoms with Gasteiger partial charge < -0.3 is 5.73 Å². The molecule has 0 unspecified atom stereocenters. The van der Waals surface area contributed by atoms with Crippen molar-refractivity contribution in [3.63, 3.8) is 0 Å². The number of rotatable bonds is 2. The highest BCUT2D eigenvalue weighted by atomic mass is 16.1. The van der Waals surface area contributed by atoms with Crippen molar-refractivity contribution >= 4 is 23.0 Å². The molecule has 144 valence electrons. The Kier molecular flexibility index (Phi) is 7.03. The molecule has 0 fully saturated rings. The van der Waals surface area contributed by atoms with Crippen molar-refractivity contribution in [2.75, 3.05) is 0 Å². The van der Waals surface area contributed by atoms with Gasteiger partial charge in [-0.15, -0.1) is 0 Å². The summed E-state index contributed by atoms with van der Waals surface area (Å²) in [6.45, 7) is 0. The van der Waals surface area contributed by atoms with E-state index in [9.17, 15) is 9.59 Å². The van der Waals surface area contributed by atoms with Crippen LogP contribution >= 0.6 is 0 Å². The van der Waals surface area contributed by atoms with Crippen LogP contribution < -0.4 is 5.73 Å². The Bertz CT molecular complexity index is 810. The van der Waals surface area contributed by atoms with Crippen LogP contribution in [0.2, 0.25) is 0 Å². The molecule has 3 heteroatoms. The molecule has 1 aliphatic carbocycles. The minimum atomic E-state index is -0.472. The predicted molar refractivity (Wildman–Crippen MR) is 111 cm³/mol. The van der Waals surface area contributed by atoms with Crippen molar-refractivity contribution in [2.45, 2.75) is 77.0 Å². The number of fused-ring (bicyclic) bond motifs is 3. The zero-order valence-electron chi connectivity index (χ0n) is 16.3. The van der Waals surface area contributed by atoms with E-state index in [4.69, 9.17) is 5.73 Å². The second-order valence-electron chi connectivity index (χ2n) is 7.81. The van der Waals surface area contributed by atoms with Gasteiger partial charge in [0.1, 0.15) is 0 Å². The van der Waals surface area contributed by atoms with Crippen LogP contribution in [-0.2, 0) is 12.8 Å². The number of hydrogen-bond acceptors (Lipinski definition) is 2. The topological polar surface area (TPSA) is 60.2 Å². The Labute approximate surface area is 162 Å². The number of carbonyl (C=O) groups excluding carboxylic acids is 2. The maximum atomic E-state index is 12.3. The highest BCUT2D eigenvalue weighted by molar-refractivity contribution is 6.11. The standard InChI is InChI=1S/C24H31NO2/c25-24(27)23-21-16-10-8-6-4-2-1-3-5-7-9-13-19(21)18-14-11-12-15-20(18)22(23)17-26/h11-12,14-15,17H,1-10,13,16H2,(H2,25,27). The molecule has 0 radical (unpaired) electrons. The molecule has 0 saturated carbocycles. The first-order valence-corrected chi connectivity index (χ1v) is 10.6. The third kappa shape index (κ3) is 4.58. The molecule has 0 atom stereocenters. The highest BCUT2D eigenvalue weighted by Crippen LogP contribution is 2.33. The molecule has 0 spiro atoms. The number of aryl methyl sites for hydroxylation is 1. The van der Waals surface area contributed by atoms with Gasteiger partial charge in [0, 0.05) is 5.56 Å². The first-order chi connectivity index (χ1) is 13.2. The van der Waals surface area contributed by atoms with Gasteiger partial charge in [-0.3, -0.25) is 9.59 Å². The normalized spacial score (nSPS) is 17.0. The van der Waals surface area contributed by atoms with E-state index >= 15 is 0 Å². The van der Waals surface area contributed by atoms with Crippen LogP contribution in [0.15, 0.2) is 24.3 Å². The Balaban J connectivity index is 2.10. The van der Waals surface area contributed by atoms with Crippen molar-refractivity contribution in [1.29, 1.82) is 0 Å². The summed E-state index contributed by atoms with van der Waals surface area (Å²) in [6.07, 6.45) is 15.0. The van der Waals surface area contributed by atoms with Gasteiger partial charge in [0.05, 0.1) is 5.56 Å². The fraction of sp³-hybridized carbons (Fsp3) is 0.500. The van der Waals surface area contributed by atoms with E-state index in [0.29, 0.717) is 11.1 Å². The highest BCUT2D eigenvalue weighted by Gasteiger charge is 2.21. The molecule has 3 nitrogen and oxygen atoms in total. The van der Waals surface area contributed by atoms with Crippen LogP contribution in [0.4, 0.5) is 0 Å². The molecule has 0 heterocycles. The second kappa shape index (κ2) is 9.68. The summed E-state index contributed by atoms with van der Waals surface area (Å²) in [5.74, 6) is -0.472. The largest absolute Gasteiger partial charge is 0.366 e. The summed E-state index contributed by atoms with van der Waals surface area (Å²) in [7, 11) is 0. The quantitative estimate of drug-likeness (QED) is 0.689.